The maximum Gasteiger partial charge on any atom is 0.152 e. The van der Waals surface area contributed by atoms with Crippen LogP contribution in [0.15, 0.2) is 5.34 Å². The second kappa shape index (κ2) is 26.6. The molecule has 0 atom stereocenters. The van der Waals surface area contributed by atoms with Crippen LogP contribution in [0.4, 0.5) is 0 Å². The Hall–Kier alpha value is -0.640. The molecule has 38 valence electrons. The molecule has 6 heavy (non-hydrogen) atoms. The van der Waals surface area contributed by atoms with E-state index < -0.39 is 0 Å². The van der Waals surface area contributed by atoms with Gasteiger partial charge in [0.25, 0.3) is 0 Å². The van der Waals surface area contributed by atoms with Gasteiger partial charge in [0, 0.05) is 0 Å². The predicted octanol–water partition coefficient (Wildman–Crippen LogP) is -0.0224. The zero-order valence-corrected chi connectivity index (χ0v) is 3.80. The van der Waals surface area contributed by atoms with Gasteiger partial charge in [-0.2, -0.15) is 0 Å². The third-order valence-electron chi connectivity index (χ3n) is 0. The van der Waals surface area contributed by atoms with E-state index >= 15 is 0 Å². The van der Waals surface area contributed by atoms with Gasteiger partial charge >= 0.3 is 0 Å². The minimum Gasteiger partial charge on any atom is -0.379 e. The van der Waals surface area contributed by atoms with E-state index in [-0.39, 0.29) is 0 Å². The number of nitrogens with zero attached hydrogens (tertiary/aromatic N) is 1. The molecule has 0 amide bonds. The molecule has 0 aliphatic rings. The molecule has 4 nitrogen and oxygen atoms in total. The van der Waals surface area contributed by atoms with E-state index in [1.807, 2.05) is 14.1 Å². The highest BCUT2D eigenvalue weighted by Gasteiger charge is 1.25. The van der Waals surface area contributed by atoms with Crippen LogP contribution in [0.25, 0.3) is 0 Å². The van der Waals surface area contributed by atoms with Crippen molar-refractivity contribution < 1.29 is 5.21 Å². The summed E-state index contributed by atoms with van der Waals surface area (Å²) >= 11 is 0. The van der Waals surface area contributed by atoms with E-state index in [9.17, 15) is 0 Å². The fourth-order valence-corrected chi connectivity index (χ4v) is 0. The summed E-state index contributed by atoms with van der Waals surface area (Å²) in [4.78, 5) is 8.11. The van der Waals surface area contributed by atoms with E-state index in [0.717, 1.165) is 0 Å². The molecule has 0 aromatic carbocycles. The first-order valence-corrected chi connectivity index (χ1v) is 1.38. The highest BCUT2D eigenvalue weighted by Crippen LogP contribution is 1.25. The van der Waals surface area contributed by atoms with Gasteiger partial charge in [0.05, 0.1) is 0 Å². The number of rotatable bonds is 0. The van der Waals surface area contributed by atoms with Crippen molar-refractivity contribution in [1.82, 2.24) is 5.32 Å². The maximum absolute atomic E-state index is 8.11. The van der Waals surface area contributed by atoms with E-state index in [2.05, 4.69) is 5.32 Å². The van der Waals surface area contributed by atoms with Gasteiger partial charge in [-0.25, -0.2) is 0 Å². The van der Waals surface area contributed by atoms with Crippen LogP contribution >= 0.6 is 0 Å². The minimum absolute atomic E-state index is 1.25. The predicted molar refractivity (Wildman–Crippen MR) is 22.6 cm³/mol. The second-order valence-electron chi connectivity index (χ2n) is 0.582. The van der Waals surface area contributed by atoms with Gasteiger partial charge < -0.3 is 10.5 Å². The molecule has 0 saturated heterocycles. The smallest absolute Gasteiger partial charge is 0.152 e. The van der Waals surface area contributed by atoms with Crippen LogP contribution in [0.1, 0.15) is 0 Å². The van der Waals surface area contributed by atoms with Crippen molar-refractivity contribution in [1.29, 1.82) is 0 Å². The number of hydrogen-bond acceptors (Lipinski definition) is 3. The lowest BCUT2D eigenvalue weighted by molar-refractivity contribution is 0.312. The van der Waals surface area contributed by atoms with Crippen LogP contribution in [-0.4, -0.2) is 19.3 Å². The summed E-state index contributed by atoms with van der Waals surface area (Å²) in [5.41, 5.74) is 0. The summed E-state index contributed by atoms with van der Waals surface area (Å²) in [5.74, 6) is 0. The van der Waals surface area contributed by atoms with Crippen LogP contribution in [0, 0.1) is 4.91 Å². The molecule has 0 bridgehead atoms. The number of hydrogen-bond donors (Lipinski definition) is 2. The normalized spacial score (nSPS) is 5.00. The molecule has 4 heteroatoms. The quantitative estimate of drug-likeness (QED) is 0.326. The molecule has 0 heterocycles. The molecular formula is C2H8N2O2. The molecule has 0 aliphatic carbocycles. The van der Waals surface area contributed by atoms with E-state index in [1.165, 1.54) is 5.34 Å². The molecule has 0 unspecified atom stereocenters. The molecule has 0 saturated carbocycles. The first-order chi connectivity index (χ1) is 2.83. The first-order valence-electron chi connectivity index (χ1n) is 1.38. The van der Waals surface area contributed by atoms with Crippen LogP contribution in [0.5, 0.6) is 0 Å². The van der Waals surface area contributed by atoms with Gasteiger partial charge in [0.15, 0.2) is 5.34 Å². The third kappa shape index (κ3) is 45.7. The van der Waals surface area contributed by atoms with Crippen molar-refractivity contribution in [3.63, 3.8) is 0 Å². The van der Waals surface area contributed by atoms with Crippen molar-refractivity contribution in [2.75, 3.05) is 14.1 Å². The lowest BCUT2D eigenvalue weighted by Crippen LogP contribution is -1.89. The van der Waals surface area contributed by atoms with Crippen molar-refractivity contribution in [2.24, 2.45) is 5.34 Å². The molecule has 2 N–H and O–H groups in total. The molecule has 0 aliphatic heterocycles. The van der Waals surface area contributed by atoms with Crippen molar-refractivity contribution in [3.8, 4) is 0 Å². The average molecular weight is 92.1 g/mol. The summed E-state index contributed by atoms with van der Waals surface area (Å²) in [5, 5.41) is 10.6. The summed E-state index contributed by atoms with van der Waals surface area (Å²) in [6, 6.07) is 0. The molecule has 0 rings (SSSR count). The van der Waals surface area contributed by atoms with Crippen molar-refractivity contribution in [3.05, 3.63) is 4.91 Å². The van der Waals surface area contributed by atoms with Crippen LogP contribution in [0.3, 0.4) is 0 Å². The third-order valence-corrected chi connectivity index (χ3v) is 0. The molecule has 0 fully saturated rings. The fraction of sp³-hybridized carbons (Fsp3) is 1.00. The van der Waals surface area contributed by atoms with Crippen molar-refractivity contribution in [2.45, 2.75) is 0 Å². The van der Waals surface area contributed by atoms with Crippen molar-refractivity contribution >= 4 is 0 Å². The first kappa shape index (κ1) is 9.03. The van der Waals surface area contributed by atoms with E-state index in [4.69, 9.17) is 10.1 Å². The molecule has 0 radical (unpaired) electrons. The molecule has 0 spiro atoms. The highest BCUT2D eigenvalue weighted by atomic mass is 16.6. The van der Waals surface area contributed by atoms with Crippen LogP contribution < -0.4 is 5.32 Å². The Morgan fingerprint density at radius 3 is 1.67 bits per heavy atom. The topological polar surface area (TPSA) is 61.7 Å². The van der Waals surface area contributed by atoms with Crippen LogP contribution in [0.2, 0.25) is 0 Å². The Morgan fingerprint density at radius 1 is 1.67 bits per heavy atom. The summed E-state index contributed by atoms with van der Waals surface area (Å²) < 4.78 is 0. The molecular weight excluding hydrogens is 84.0 g/mol. The Bertz CT molecular complexity index is 23.5. The lowest BCUT2D eigenvalue weighted by Gasteiger charge is -1.59. The Balaban J connectivity index is 0. The SMILES string of the molecule is CNC.O=NO. The summed E-state index contributed by atoms with van der Waals surface area (Å²) in [7, 11) is 3.75. The highest BCUT2D eigenvalue weighted by molar-refractivity contribution is 3.91. The van der Waals surface area contributed by atoms with Gasteiger partial charge in [-0.15, -0.1) is 4.91 Å². The van der Waals surface area contributed by atoms with Gasteiger partial charge in [-0.05, 0) is 14.1 Å². The van der Waals surface area contributed by atoms with Gasteiger partial charge in [0.2, 0.25) is 0 Å². The van der Waals surface area contributed by atoms with Gasteiger partial charge in [-0.1, -0.05) is 0 Å². The summed E-state index contributed by atoms with van der Waals surface area (Å²) in [6.07, 6.45) is 0. The largest absolute Gasteiger partial charge is 0.379 e. The van der Waals surface area contributed by atoms with Gasteiger partial charge in [-0.3, -0.25) is 0 Å². The average Bonchev–Trinajstić information content (AvgIpc) is 1.39. The summed E-state index contributed by atoms with van der Waals surface area (Å²) in [6.45, 7) is 0. The Morgan fingerprint density at radius 2 is 1.67 bits per heavy atom. The standard InChI is InChI=1S/C2H7N.HNO2/c1-3-2;2-1-3/h3H,1-2H3;(H,2,3). The van der Waals surface area contributed by atoms with Crippen LogP contribution in [-0.2, 0) is 0 Å². The molecule has 0 aromatic heterocycles. The second-order valence-corrected chi connectivity index (χ2v) is 0.582. The van der Waals surface area contributed by atoms with Gasteiger partial charge in [0.1, 0.15) is 0 Å². The monoisotopic (exact) mass is 92.1 g/mol. The Labute approximate surface area is 36.1 Å². The van der Waals surface area contributed by atoms with E-state index in [1.54, 1.807) is 0 Å². The minimum atomic E-state index is 1.25. The Kier molecular flexibility index (Phi) is 40.0. The zero-order valence-electron chi connectivity index (χ0n) is 3.80. The fourth-order valence-electron chi connectivity index (χ4n) is 0. The van der Waals surface area contributed by atoms with E-state index in [0.29, 0.717) is 0 Å². The zero-order chi connectivity index (χ0) is 5.41. The molecule has 0 aromatic rings. The maximum atomic E-state index is 8.11. The number of nitrogens with one attached hydrogen (secondary N) is 1. The lowest BCUT2D eigenvalue weighted by atomic mass is 11.3.